The van der Waals surface area contributed by atoms with Gasteiger partial charge in [0.15, 0.2) is 0 Å². The number of sulfonamides is 1. The third-order valence-electron chi connectivity index (χ3n) is 4.67. The number of hydrogen-bond donors (Lipinski definition) is 1. The fraction of sp³-hybridized carbons (Fsp3) is 0.167. The Balaban J connectivity index is 1.89. The number of hydrogen-bond acceptors (Lipinski definition) is 6. The van der Waals surface area contributed by atoms with E-state index in [4.69, 9.17) is 32.7 Å². The Labute approximate surface area is 207 Å². The van der Waals surface area contributed by atoms with Gasteiger partial charge >= 0.3 is 11.9 Å². The first kappa shape index (κ1) is 25.6. The molecule has 0 radical (unpaired) electrons. The summed E-state index contributed by atoms with van der Waals surface area (Å²) < 4.78 is 38.2. The summed E-state index contributed by atoms with van der Waals surface area (Å²) in [5.41, 5.74) is 1.38. The van der Waals surface area contributed by atoms with Crippen molar-refractivity contribution in [1.82, 2.24) is 0 Å². The fourth-order valence-corrected chi connectivity index (χ4v) is 4.69. The zero-order valence-corrected chi connectivity index (χ0v) is 20.6. The normalized spacial score (nSPS) is 11.1. The standard InChI is InChI=1S/C24H21Cl2NO6S/c1-3-32-23(28)20-12-8-17(14-21(20)24(29)33-4-2)27-34(30,31)18-9-5-15(6-10-18)19-11-7-16(25)13-22(19)26/h5-14,27H,3-4H2,1-2H3. The van der Waals surface area contributed by atoms with Crippen LogP contribution in [0.4, 0.5) is 5.69 Å². The zero-order valence-electron chi connectivity index (χ0n) is 18.3. The van der Waals surface area contributed by atoms with E-state index >= 15 is 0 Å². The molecule has 0 fully saturated rings. The maximum atomic E-state index is 12.9. The van der Waals surface area contributed by atoms with Gasteiger partial charge in [0.2, 0.25) is 0 Å². The highest BCUT2D eigenvalue weighted by Gasteiger charge is 2.22. The number of carbonyl (C=O) groups excluding carboxylic acids is 2. The molecule has 0 aliphatic rings. The molecule has 0 saturated carbocycles. The van der Waals surface area contributed by atoms with Crippen molar-refractivity contribution >= 4 is 50.9 Å². The Morgan fingerprint density at radius 1 is 0.824 bits per heavy atom. The van der Waals surface area contributed by atoms with Gasteiger partial charge in [0.05, 0.1) is 29.2 Å². The molecule has 34 heavy (non-hydrogen) atoms. The molecule has 3 aromatic rings. The lowest BCUT2D eigenvalue weighted by molar-refractivity contribution is 0.0479. The molecule has 0 spiro atoms. The summed E-state index contributed by atoms with van der Waals surface area (Å²) in [4.78, 5) is 24.5. The summed E-state index contributed by atoms with van der Waals surface area (Å²) in [5, 5.41) is 0.933. The molecule has 3 rings (SSSR count). The van der Waals surface area contributed by atoms with Crippen molar-refractivity contribution in [2.24, 2.45) is 0 Å². The predicted molar refractivity (Wildman–Crippen MR) is 131 cm³/mol. The van der Waals surface area contributed by atoms with Crippen LogP contribution in [0.5, 0.6) is 0 Å². The molecule has 0 aliphatic carbocycles. The number of benzene rings is 3. The highest BCUT2D eigenvalue weighted by atomic mass is 35.5. The molecule has 7 nitrogen and oxygen atoms in total. The maximum Gasteiger partial charge on any atom is 0.339 e. The van der Waals surface area contributed by atoms with Crippen molar-refractivity contribution in [3.63, 3.8) is 0 Å². The molecule has 0 atom stereocenters. The van der Waals surface area contributed by atoms with E-state index in [1.54, 1.807) is 44.2 Å². The first-order chi connectivity index (χ1) is 16.2. The van der Waals surface area contributed by atoms with E-state index in [9.17, 15) is 18.0 Å². The van der Waals surface area contributed by atoms with E-state index < -0.39 is 22.0 Å². The molecule has 10 heteroatoms. The van der Waals surface area contributed by atoms with E-state index in [-0.39, 0.29) is 34.9 Å². The minimum absolute atomic E-state index is 0.00603. The van der Waals surface area contributed by atoms with Gasteiger partial charge in [0, 0.05) is 21.3 Å². The summed E-state index contributed by atoms with van der Waals surface area (Å²) in [6, 6.07) is 15.1. The van der Waals surface area contributed by atoms with Crippen LogP contribution < -0.4 is 4.72 Å². The first-order valence-corrected chi connectivity index (χ1v) is 12.5. The lowest BCUT2D eigenvalue weighted by Gasteiger charge is -2.13. The third-order valence-corrected chi connectivity index (χ3v) is 6.61. The Hall–Kier alpha value is -3.07. The summed E-state index contributed by atoms with van der Waals surface area (Å²) >= 11 is 12.2. The number of esters is 2. The number of halogens is 2. The highest BCUT2D eigenvalue weighted by Crippen LogP contribution is 2.31. The lowest BCUT2D eigenvalue weighted by atomic mass is 10.1. The van der Waals surface area contributed by atoms with Crippen molar-refractivity contribution in [3.8, 4) is 11.1 Å². The van der Waals surface area contributed by atoms with Gasteiger partial charge in [-0.05, 0) is 61.9 Å². The highest BCUT2D eigenvalue weighted by molar-refractivity contribution is 7.92. The van der Waals surface area contributed by atoms with Gasteiger partial charge in [-0.25, -0.2) is 18.0 Å². The van der Waals surface area contributed by atoms with Crippen LogP contribution >= 0.6 is 23.2 Å². The van der Waals surface area contributed by atoms with E-state index in [2.05, 4.69) is 4.72 Å². The molecule has 0 heterocycles. The topological polar surface area (TPSA) is 98.8 Å². The van der Waals surface area contributed by atoms with Gasteiger partial charge in [-0.15, -0.1) is 0 Å². The Bertz CT molecular complexity index is 1320. The van der Waals surface area contributed by atoms with Crippen LogP contribution in [0.1, 0.15) is 34.6 Å². The molecular weight excluding hydrogens is 501 g/mol. The van der Waals surface area contributed by atoms with Gasteiger partial charge in [-0.2, -0.15) is 0 Å². The van der Waals surface area contributed by atoms with Gasteiger partial charge < -0.3 is 9.47 Å². The molecular formula is C24H21Cl2NO6S. The largest absolute Gasteiger partial charge is 0.462 e. The van der Waals surface area contributed by atoms with Crippen LogP contribution in [-0.2, 0) is 19.5 Å². The van der Waals surface area contributed by atoms with E-state index in [0.717, 1.165) is 0 Å². The number of ether oxygens (including phenoxy) is 2. The van der Waals surface area contributed by atoms with E-state index in [1.807, 2.05) is 0 Å². The van der Waals surface area contributed by atoms with Gasteiger partial charge in [0.1, 0.15) is 0 Å². The number of anilines is 1. The van der Waals surface area contributed by atoms with E-state index in [1.165, 1.54) is 30.3 Å². The van der Waals surface area contributed by atoms with Crippen molar-refractivity contribution in [2.75, 3.05) is 17.9 Å². The SMILES string of the molecule is CCOC(=O)c1ccc(NS(=O)(=O)c2ccc(-c3ccc(Cl)cc3Cl)cc2)cc1C(=O)OCC. The molecule has 0 unspecified atom stereocenters. The van der Waals surface area contributed by atoms with Crippen molar-refractivity contribution in [2.45, 2.75) is 18.7 Å². The Kier molecular flexibility index (Phi) is 8.19. The molecule has 0 aromatic heterocycles. The number of nitrogens with one attached hydrogen (secondary N) is 1. The van der Waals surface area contributed by atoms with Gasteiger partial charge in [-0.1, -0.05) is 41.4 Å². The van der Waals surface area contributed by atoms with Gasteiger partial charge in [0.25, 0.3) is 10.0 Å². The summed E-state index contributed by atoms with van der Waals surface area (Å²) in [6.45, 7) is 3.46. The number of carbonyl (C=O) groups is 2. The molecule has 0 saturated heterocycles. The third kappa shape index (κ3) is 5.88. The maximum absolute atomic E-state index is 12.9. The lowest BCUT2D eigenvalue weighted by Crippen LogP contribution is -2.17. The van der Waals surface area contributed by atoms with Crippen LogP contribution in [0.25, 0.3) is 11.1 Å². The molecule has 3 aromatic carbocycles. The smallest absolute Gasteiger partial charge is 0.339 e. The molecule has 0 aliphatic heterocycles. The van der Waals surface area contributed by atoms with Gasteiger partial charge in [-0.3, -0.25) is 4.72 Å². The second-order valence-electron chi connectivity index (χ2n) is 6.96. The average Bonchev–Trinajstić information content (AvgIpc) is 2.79. The van der Waals surface area contributed by atoms with Crippen LogP contribution in [0.2, 0.25) is 10.0 Å². The Morgan fingerprint density at radius 2 is 1.44 bits per heavy atom. The molecule has 178 valence electrons. The van der Waals surface area contributed by atoms with Crippen molar-refractivity contribution < 1.29 is 27.5 Å². The minimum Gasteiger partial charge on any atom is -0.462 e. The quantitative estimate of drug-likeness (QED) is 0.375. The van der Waals surface area contributed by atoms with Crippen LogP contribution in [-0.4, -0.2) is 33.6 Å². The van der Waals surface area contributed by atoms with Crippen LogP contribution in [0.15, 0.2) is 65.6 Å². The monoisotopic (exact) mass is 521 g/mol. The molecule has 0 bridgehead atoms. The zero-order chi connectivity index (χ0) is 24.9. The minimum atomic E-state index is -4.00. The van der Waals surface area contributed by atoms with Crippen LogP contribution in [0.3, 0.4) is 0 Å². The second kappa shape index (κ2) is 10.9. The average molecular weight is 522 g/mol. The molecule has 0 amide bonds. The fourth-order valence-electron chi connectivity index (χ4n) is 3.12. The summed E-state index contributed by atoms with van der Waals surface area (Å²) in [6.07, 6.45) is 0. The molecule has 1 N–H and O–H groups in total. The first-order valence-electron chi connectivity index (χ1n) is 10.2. The van der Waals surface area contributed by atoms with E-state index in [0.29, 0.717) is 21.2 Å². The van der Waals surface area contributed by atoms with Crippen molar-refractivity contribution in [3.05, 3.63) is 81.8 Å². The number of rotatable bonds is 8. The summed E-state index contributed by atoms with van der Waals surface area (Å²) in [5.74, 6) is -1.48. The second-order valence-corrected chi connectivity index (χ2v) is 9.48. The Morgan fingerprint density at radius 3 is 2.03 bits per heavy atom. The van der Waals surface area contributed by atoms with Crippen molar-refractivity contribution in [1.29, 1.82) is 0 Å². The summed E-state index contributed by atoms with van der Waals surface area (Å²) in [7, 11) is -4.00. The van der Waals surface area contributed by atoms with Crippen LogP contribution in [0, 0.1) is 0 Å². The predicted octanol–water partition coefficient (Wildman–Crippen LogP) is 5.81.